The van der Waals surface area contributed by atoms with Gasteiger partial charge in [-0.3, -0.25) is 4.79 Å². The third-order valence-electron chi connectivity index (χ3n) is 5.22. The molecule has 1 aromatic heterocycles. The fourth-order valence-corrected chi connectivity index (χ4v) is 6.50. The number of carbonyl (C=O) groups excluding carboxylic acids is 1. The van der Waals surface area contributed by atoms with E-state index in [1.54, 1.807) is 6.07 Å². The lowest BCUT2D eigenvalue weighted by molar-refractivity contribution is -0.127. The molecule has 2 fully saturated rings. The number of nitrogens with one attached hydrogen (secondary N) is 2. The summed E-state index contributed by atoms with van der Waals surface area (Å²) in [5.41, 5.74) is 0. The van der Waals surface area contributed by atoms with Crippen molar-refractivity contribution in [1.29, 1.82) is 0 Å². The van der Waals surface area contributed by atoms with E-state index in [2.05, 4.69) is 17.6 Å². The maximum atomic E-state index is 12.8. The van der Waals surface area contributed by atoms with Crippen LogP contribution in [0.2, 0.25) is 0 Å². The van der Waals surface area contributed by atoms with Crippen LogP contribution < -0.4 is 10.6 Å². The molecule has 6 nitrogen and oxygen atoms in total. The summed E-state index contributed by atoms with van der Waals surface area (Å²) in [5, 5.41) is 6.44. The Labute approximate surface area is 166 Å². The van der Waals surface area contributed by atoms with Gasteiger partial charge in [-0.1, -0.05) is 6.92 Å². The number of carbonyl (C=O) groups is 1. The van der Waals surface area contributed by atoms with Gasteiger partial charge >= 0.3 is 0 Å². The number of piperidine rings is 2. The summed E-state index contributed by atoms with van der Waals surface area (Å²) in [4.78, 5) is 13.6. The Morgan fingerprint density at radius 1 is 1.35 bits per heavy atom. The van der Waals surface area contributed by atoms with Crippen molar-refractivity contribution in [3.05, 3.63) is 17.0 Å². The number of hydrogen-bond donors (Lipinski definition) is 2. The fourth-order valence-electron chi connectivity index (χ4n) is 3.54. The van der Waals surface area contributed by atoms with Crippen molar-refractivity contribution in [2.75, 3.05) is 26.2 Å². The first-order valence-corrected chi connectivity index (χ1v) is 11.2. The van der Waals surface area contributed by atoms with E-state index in [9.17, 15) is 13.2 Å². The van der Waals surface area contributed by atoms with Crippen molar-refractivity contribution < 1.29 is 13.2 Å². The highest BCUT2D eigenvalue weighted by Crippen LogP contribution is 2.28. The van der Waals surface area contributed by atoms with E-state index in [0.717, 1.165) is 37.2 Å². The number of nitrogens with zero attached hydrogens (tertiary/aromatic N) is 1. The second kappa shape index (κ2) is 9.01. The lowest BCUT2D eigenvalue weighted by Gasteiger charge is -2.34. The normalized spacial score (nSPS) is 27.5. The van der Waals surface area contributed by atoms with Crippen LogP contribution in [-0.2, 0) is 14.8 Å². The van der Waals surface area contributed by atoms with Crippen LogP contribution in [0, 0.1) is 18.8 Å². The highest BCUT2D eigenvalue weighted by Gasteiger charge is 2.35. The predicted octanol–water partition coefficient (Wildman–Crippen LogP) is 1.99. The van der Waals surface area contributed by atoms with Crippen molar-refractivity contribution in [2.24, 2.45) is 11.8 Å². The summed E-state index contributed by atoms with van der Waals surface area (Å²) in [6, 6.07) is 3.62. The molecule has 0 spiro atoms. The van der Waals surface area contributed by atoms with Crippen LogP contribution in [0.4, 0.5) is 0 Å². The predicted molar refractivity (Wildman–Crippen MR) is 106 cm³/mol. The summed E-state index contributed by atoms with van der Waals surface area (Å²) in [6.07, 6.45) is 2.52. The number of thiophene rings is 1. The molecule has 0 radical (unpaired) electrons. The zero-order valence-electron chi connectivity index (χ0n) is 15.2. The molecule has 148 valence electrons. The molecule has 0 bridgehead atoms. The van der Waals surface area contributed by atoms with E-state index in [1.807, 2.05) is 13.0 Å². The molecule has 3 unspecified atom stereocenters. The first-order chi connectivity index (χ1) is 11.9. The molecule has 2 aliphatic heterocycles. The Bertz CT molecular complexity index is 723. The highest BCUT2D eigenvalue weighted by atomic mass is 35.5. The Balaban J connectivity index is 0.00000243. The number of aryl methyl sites for hydroxylation is 1. The van der Waals surface area contributed by atoms with E-state index in [1.165, 1.54) is 15.6 Å². The van der Waals surface area contributed by atoms with Gasteiger partial charge in [-0.25, -0.2) is 8.42 Å². The number of hydrogen-bond acceptors (Lipinski definition) is 5. The molecule has 1 amide bonds. The molecule has 1 aromatic rings. The van der Waals surface area contributed by atoms with Crippen LogP contribution in [0.25, 0.3) is 0 Å². The van der Waals surface area contributed by atoms with Crippen LogP contribution in [0.3, 0.4) is 0 Å². The standard InChI is InChI=1S/C17H27N3O3S2.ClH/c1-12-7-8-18-10-15(12)19-17(21)14-4-3-9-20(11-14)25(22,23)16-6-5-13(2)24-16;/h5-6,12,14-15,18H,3-4,7-11H2,1-2H3,(H,19,21);1H. The zero-order chi connectivity index (χ0) is 18.0. The van der Waals surface area contributed by atoms with Gasteiger partial charge in [0.2, 0.25) is 5.91 Å². The van der Waals surface area contributed by atoms with E-state index < -0.39 is 10.0 Å². The molecular formula is C17H28ClN3O3S2. The summed E-state index contributed by atoms with van der Waals surface area (Å²) in [7, 11) is -3.49. The quantitative estimate of drug-likeness (QED) is 0.779. The van der Waals surface area contributed by atoms with Gasteiger partial charge in [-0.2, -0.15) is 4.31 Å². The molecular weight excluding hydrogens is 394 g/mol. The molecule has 0 aromatic carbocycles. The number of sulfonamides is 1. The number of rotatable bonds is 4. The van der Waals surface area contributed by atoms with Crippen LogP contribution in [0.5, 0.6) is 0 Å². The summed E-state index contributed by atoms with van der Waals surface area (Å²) in [6.45, 7) is 6.60. The van der Waals surface area contributed by atoms with E-state index in [0.29, 0.717) is 16.7 Å². The topological polar surface area (TPSA) is 78.5 Å². The lowest BCUT2D eigenvalue weighted by atomic mass is 9.93. The maximum Gasteiger partial charge on any atom is 0.252 e. The lowest BCUT2D eigenvalue weighted by Crippen LogP contribution is -2.53. The third kappa shape index (κ3) is 4.78. The van der Waals surface area contributed by atoms with Crippen molar-refractivity contribution in [3.8, 4) is 0 Å². The van der Waals surface area contributed by atoms with Crippen LogP contribution >= 0.6 is 23.7 Å². The van der Waals surface area contributed by atoms with Crippen LogP contribution in [-0.4, -0.2) is 50.9 Å². The summed E-state index contributed by atoms with van der Waals surface area (Å²) in [5.74, 6) is 0.171. The van der Waals surface area contributed by atoms with Crippen LogP contribution in [0.15, 0.2) is 16.3 Å². The van der Waals surface area contributed by atoms with Gasteiger partial charge < -0.3 is 10.6 Å². The highest BCUT2D eigenvalue weighted by molar-refractivity contribution is 7.91. The average Bonchev–Trinajstić information content (AvgIpc) is 3.04. The third-order valence-corrected chi connectivity index (χ3v) is 8.55. The second-order valence-electron chi connectivity index (χ2n) is 7.15. The molecule has 0 saturated carbocycles. The average molecular weight is 422 g/mol. The number of amides is 1. The van der Waals surface area contributed by atoms with Gasteiger partial charge in [0, 0.05) is 30.6 Å². The Kier molecular flexibility index (Phi) is 7.50. The minimum Gasteiger partial charge on any atom is -0.352 e. The maximum absolute atomic E-state index is 12.8. The smallest absolute Gasteiger partial charge is 0.252 e. The van der Waals surface area contributed by atoms with Gasteiger partial charge in [0.05, 0.1) is 5.92 Å². The fraction of sp³-hybridized carbons (Fsp3) is 0.706. The monoisotopic (exact) mass is 421 g/mol. The first-order valence-electron chi connectivity index (χ1n) is 8.95. The summed E-state index contributed by atoms with van der Waals surface area (Å²) < 4.78 is 27.5. The molecule has 0 aliphatic carbocycles. The summed E-state index contributed by atoms with van der Waals surface area (Å²) >= 11 is 1.29. The van der Waals surface area contributed by atoms with Gasteiger partial charge in [-0.05, 0) is 50.8 Å². The van der Waals surface area contributed by atoms with E-state index in [-0.39, 0.29) is 36.8 Å². The van der Waals surface area contributed by atoms with Gasteiger partial charge in [-0.15, -0.1) is 23.7 Å². The molecule has 2 saturated heterocycles. The van der Waals surface area contributed by atoms with E-state index in [4.69, 9.17) is 0 Å². The molecule has 3 heterocycles. The second-order valence-corrected chi connectivity index (χ2v) is 10.6. The molecule has 9 heteroatoms. The van der Waals surface area contributed by atoms with Crippen molar-refractivity contribution >= 4 is 39.7 Å². The molecule has 26 heavy (non-hydrogen) atoms. The Hall–Kier alpha value is -0.670. The van der Waals surface area contributed by atoms with Gasteiger partial charge in [0.25, 0.3) is 10.0 Å². The minimum absolute atomic E-state index is 0. The molecule has 2 N–H and O–H groups in total. The zero-order valence-corrected chi connectivity index (χ0v) is 17.7. The SMILES string of the molecule is Cc1ccc(S(=O)(=O)N2CCCC(C(=O)NC3CNCCC3C)C2)s1.Cl. The molecule has 3 atom stereocenters. The number of halogens is 1. The largest absolute Gasteiger partial charge is 0.352 e. The first kappa shape index (κ1) is 21.6. The Morgan fingerprint density at radius 3 is 2.77 bits per heavy atom. The minimum atomic E-state index is -3.49. The van der Waals surface area contributed by atoms with Crippen molar-refractivity contribution in [1.82, 2.24) is 14.9 Å². The van der Waals surface area contributed by atoms with Crippen molar-refractivity contribution in [3.63, 3.8) is 0 Å². The van der Waals surface area contributed by atoms with E-state index >= 15 is 0 Å². The molecule has 2 aliphatic rings. The van der Waals surface area contributed by atoms with Gasteiger partial charge in [0.1, 0.15) is 4.21 Å². The van der Waals surface area contributed by atoms with Crippen LogP contribution in [0.1, 0.15) is 31.1 Å². The van der Waals surface area contributed by atoms with Crippen molar-refractivity contribution in [2.45, 2.75) is 43.4 Å². The van der Waals surface area contributed by atoms with Gasteiger partial charge in [0.15, 0.2) is 0 Å². The molecule has 3 rings (SSSR count). The Morgan fingerprint density at radius 2 is 2.12 bits per heavy atom.